The van der Waals surface area contributed by atoms with Gasteiger partial charge in [0, 0.05) is 24.7 Å². The van der Waals surface area contributed by atoms with Crippen LogP contribution in [0.5, 0.6) is 0 Å². The Morgan fingerprint density at radius 3 is 3.00 bits per heavy atom. The lowest BCUT2D eigenvalue weighted by Gasteiger charge is -2.32. The van der Waals surface area contributed by atoms with E-state index < -0.39 is 9.84 Å². The number of rotatable bonds is 4. The highest BCUT2D eigenvalue weighted by Crippen LogP contribution is 2.17. The third-order valence-electron chi connectivity index (χ3n) is 3.26. The predicted molar refractivity (Wildman–Crippen MR) is 70.0 cm³/mol. The van der Waals surface area contributed by atoms with Crippen LogP contribution >= 0.6 is 0 Å². The van der Waals surface area contributed by atoms with Crippen molar-refractivity contribution < 1.29 is 12.8 Å². The van der Waals surface area contributed by atoms with Gasteiger partial charge in [-0.15, -0.1) is 0 Å². The summed E-state index contributed by atoms with van der Waals surface area (Å²) in [6.07, 6.45) is 1.75. The Morgan fingerprint density at radius 2 is 2.33 bits per heavy atom. The van der Waals surface area contributed by atoms with Gasteiger partial charge in [0.1, 0.15) is 5.76 Å². The number of hydrogen-bond acceptors (Lipinski definition) is 5. The van der Waals surface area contributed by atoms with Crippen LogP contribution in [-0.4, -0.2) is 44.5 Å². The largest absolute Gasteiger partial charge is 0.468 e. The molecule has 0 amide bonds. The molecule has 1 saturated heterocycles. The third kappa shape index (κ3) is 3.34. The van der Waals surface area contributed by atoms with Crippen molar-refractivity contribution in [1.29, 1.82) is 0 Å². The topological polar surface area (TPSA) is 62.6 Å². The summed E-state index contributed by atoms with van der Waals surface area (Å²) < 4.78 is 28.5. The SMILES string of the molecule is CNCc1coc(CN2CCS(=O)(=O)CC2C)c1. The fourth-order valence-corrected chi connectivity index (χ4v) is 3.90. The van der Waals surface area contributed by atoms with E-state index in [1.807, 2.05) is 20.0 Å². The fraction of sp³-hybridized carbons (Fsp3) is 0.667. The lowest BCUT2D eigenvalue weighted by Crippen LogP contribution is -2.46. The minimum atomic E-state index is -2.84. The summed E-state index contributed by atoms with van der Waals surface area (Å²) in [5.41, 5.74) is 1.12. The normalized spacial score (nSPS) is 24.2. The summed E-state index contributed by atoms with van der Waals surface area (Å²) >= 11 is 0. The molecule has 1 aliphatic rings. The Balaban J connectivity index is 1.97. The number of nitrogens with zero attached hydrogens (tertiary/aromatic N) is 1. The molecule has 5 nitrogen and oxygen atoms in total. The smallest absolute Gasteiger partial charge is 0.153 e. The predicted octanol–water partition coefficient (Wildman–Crippen LogP) is 0.618. The number of furan rings is 1. The van der Waals surface area contributed by atoms with Gasteiger partial charge in [-0.05, 0) is 20.0 Å². The van der Waals surface area contributed by atoms with Gasteiger partial charge in [0.05, 0.1) is 24.3 Å². The van der Waals surface area contributed by atoms with E-state index in [1.54, 1.807) is 6.26 Å². The van der Waals surface area contributed by atoms with E-state index in [0.717, 1.165) is 17.9 Å². The molecule has 1 aromatic rings. The van der Waals surface area contributed by atoms with Gasteiger partial charge in [-0.2, -0.15) is 0 Å². The maximum absolute atomic E-state index is 11.5. The van der Waals surface area contributed by atoms with Crippen LogP contribution in [0.3, 0.4) is 0 Å². The van der Waals surface area contributed by atoms with Crippen molar-refractivity contribution in [3.8, 4) is 0 Å². The van der Waals surface area contributed by atoms with E-state index in [2.05, 4.69) is 10.2 Å². The fourth-order valence-electron chi connectivity index (χ4n) is 2.27. The van der Waals surface area contributed by atoms with Gasteiger partial charge in [-0.25, -0.2) is 8.42 Å². The molecule has 1 N–H and O–H groups in total. The molecule has 18 heavy (non-hydrogen) atoms. The quantitative estimate of drug-likeness (QED) is 0.870. The monoisotopic (exact) mass is 272 g/mol. The molecule has 0 radical (unpaired) electrons. The van der Waals surface area contributed by atoms with Crippen LogP contribution in [-0.2, 0) is 22.9 Å². The summed E-state index contributed by atoms with van der Waals surface area (Å²) in [6, 6.07) is 2.08. The third-order valence-corrected chi connectivity index (χ3v) is 5.05. The summed E-state index contributed by atoms with van der Waals surface area (Å²) in [5, 5.41) is 3.07. The minimum Gasteiger partial charge on any atom is -0.468 e. The minimum absolute atomic E-state index is 0.0570. The second-order valence-corrected chi connectivity index (χ2v) is 7.11. The number of nitrogens with one attached hydrogen (secondary N) is 1. The Bertz CT molecular complexity index is 495. The molecule has 2 rings (SSSR count). The molecule has 1 fully saturated rings. The van der Waals surface area contributed by atoms with E-state index >= 15 is 0 Å². The maximum Gasteiger partial charge on any atom is 0.153 e. The van der Waals surface area contributed by atoms with Crippen LogP contribution in [0, 0.1) is 0 Å². The summed E-state index contributed by atoms with van der Waals surface area (Å²) in [4.78, 5) is 2.16. The molecule has 0 bridgehead atoms. The lowest BCUT2D eigenvalue weighted by molar-refractivity contribution is 0.201. The second kappa shape index (κ2) is 5.42. The van der Waals surface area contributed by atoms with Gasteiger partial charge in [-0.1, -0.05) is 0 Å². The van der Waals surface area contributed by atoms with E-state index in [4.69, 9.17) is 4.42 Å². The van der Waals surface area contributed by atoms with Crippen LogP contribution in [0.15, 0.2) is 16.7 Å². The van der Waals surface area contributed by atoms with Crippen molar-refractivity contribution in [2.24, 2.45) is 0 Å². The van der Waals surface area contributed by atoms with Gasteiger partial charge in [0.15, 0.2) is 9.84 Å². The van der Waals surface area contributed by atoms with Crippen LogP contribution in [0.1, 0.15) is 18.2 Å². The zero-order chi connectivity index (χ0) is 13.2. The van der Waals surface area contributed by atoms with Gasteiger partial charge < -0.3 is 9.73 Å². The van der Waals surface area contributed by atoms with E-state index in [1.165, 1.54) is 0 Å². The maximum atomic E-state index is 11.5. The average Bonchev–Trinajstić information content (AvgIpc) is 2.70. The molecule has 1 atom stereocenters. The van der Waals surface area contributed by atoms with Gasteiger partial charge >= 0.3 is 0 Å². The van der Waals surface area contributed by atoms with Crippen molar-refractivity contribution >= 4 is 9.84 Å². The molecule has 2 heterocycles. The molecule has 0 aliphatic carbocycles. The Kier molecular flexibility index (Phi) is 4.09. The van der Waals surface area contributed by atoms with Crippen LogP contribution in [0.4, 0.5) is 0 Å². The molecule has 1 unspecified atom stereocenters. The first kappa shape index (κ1) is 13.6. The highest BCUT2D eigenvalue weighted by molar-refractivity contribution is 7.91. The molecular weight excluding hydrogens is 252 g/mol. The summed E-state index contributed by atoms with van der Waals surface area (Å²) in [6.45, 7) is 4.01. The molecule has 0 spiro atoms. The number of hydrogen-bond donors (Lipinski definition) is 1. The zero-order valence-electron chi connectivity index (χ0n) is 10.8. The Labute approximate surface area is 108 Å². The van der Waals surface area contributed by atoms with Crippen LogP contribution in [0.25, 0.3) is 0 Å². The van der Waals surface area contributed by atoms with Crippen molar-refractivity contribution in [1.82, 2.24) is 10.2 Å². The Morgan fingerprint density at radius 1 is 1.56 bits per heavy atom. The molecular formula is C12H20N2O3S. The first-order valence-electron chi connectivity index (χ1n) is 6.15. The van der Waals surface area contributed by atoms with Crippen molar-refractivity contribution in [2.45, 2.75) is 26.1 Å². The first-order valence-corrected chi connectivity index (χ1v) is 7.97. The molecule has 0 aromatic carbocycles. The zero-order valence-corrected chi connectivity index (χ0v) is 11.7. The van der Waals surface area contributed by atoms with Gasteiger partial charge in [-0.3, -0.25) is 4.90 Å². The first-order chi connectivity index (χ1) is 8.50. The summed E-state index contributed by atoms with van der Waals surface area (Å²) in [5.74, 6) is 1.39. The van der Waals surface area contributed by atoms with Gasteiger partial charge in [0.2, 0.25) is 0 Å². The van der Waals surface area contributed by atoms with Crippen molar-refractivity contribution in [2.75, 3.05) is 25.1 Å². The van der Waals surface area contributed by atoms with Crippen LogP contribution < -0.4 is 5.32 Å². The molecule has 0 saturated carbocycles. The van der Waals surface area contributed by atoms with E-state index in [-0.39, 0.29) is 17.5 Å². The second-order valence-electron chi connectivity index (χ2n) is 4.89. The molecule has 1 aliphatic heterocycles. The number of sulfone groups is 1. The highest BCUT2D eigenvalue weighted by atomic mass is 32.2. The molecule has 102 valence electrons. The van der Waals surface area contributed by atoms with Crippen molar-refractivity contribution in [3.05, 3.63) is 23.7 Å². The standard InChI is InChI=1S/C12H20N2O3S/c1-10-9-18(15,16)4-3-14(10)7-12-5-11(6-13-2)8-17-12/h5,8,10,13H,3-4,6-7,9H2,1-2H3. The molecule has 1 aromatic heterocycles. The van der Waals surface area contributed by atoms with Gasteiger partial charge in [0.25, 0.3) is 0 Å². The molecule has 6 heteroatoms. The lowest BCUT2D eigenvalue weighted by atomic mass is 10.2. The van der Waals surface area contributed by atoms with Crippen LogP contribution in [0.2, 0.25) is 0 Å². The van der Waals surface area contributed by atoms with Crippen molar-refractivity contribution in [3.63, 3.8) is 0 Å². The average molecular weight is 272 g/mol. The van der Waals surface area contributed by atoms with E-state index in [0.29, 0.717) is 13.1 Å². The summed E-state index contributed by atoms with van der Waals surface area (Å²) in [7, 11) is -0.950. The Hall–Kier alpha value is -0.850. The highest BCUT2D eigenvalue weighted by Gasteiger charge is 2.28. The van der Waals surface area contributed by atoms with E-state index in [9.17, 15) is 8.42 Å².